The van der Waals surface area contributed by atoms with Crippen LogP contribution in [0.1, 0.15) is 44.7 Å². The number of alkyl halides is 3. The molecule has 0 amide bonds. The fraction of sp³-hybridized carbons (Fsp3) is 0.600. The lowest BCUT2D eigenvalue weighted by Crippen LogP contribution is -2.22. The molecule has 126 valence electrons. The van der Waals surface area contributed by atoms with E-state index in [-0.39, 0.29) is 6.07 Å². The van der Waals surface area contributed by atoms with Crippen molar-refractivity contribution in [3.63, 3.8) is 0 Å². The Hall–Kier alpha value is -1.24. The molecule has 0 bridgehead atoms. The Bertz CT molecular complexity index is 466. The van der Waals surface area contributed by atoms with Gasteiger partial charge in [0.05, 0.1) is 0 Å². The van der Waals surface area contributed by atoms with Crippen LogP contribution >= 0.6 is 0 Å². The maximum atomic E-state index is 13.6. The van der Waals surface area contributed by atoms with Gasteiger partial charge in [0.25, 0.3) is 0 Å². The molecule has 0 N–H and O–H groups in total. The summed E-state index contributed by atoms with van der Waals surface area (Å²) in [6.07, 6.45) is -2.64. The quantitative estimate of drug-likeness (QED) is 0.594. The van der Waals surface area contributed by atoms with Crippen molar-refractivity contribution in [2.24, 2.45) is 0 Å². The monoisotopic (exact) mass is 328 g/mol. The van der Waals surface area contributed by atoms with E-state index in [1.165, 1.54) is 33.6 Å². The predicted molar refractivity (Wildman–Crippen MR) is 70.1 cm³/mol. The highest BCUT2D eigenvalue weighted by Crippen LogP contribution is 2.38. The Balaban J connectivity index is 0.000000406. The number of ether oxygens (including phenoxy) is 1. The van der Waals surface area contributed by atoms with Crippen molar-refractivity contribution >= 4 is 0 Å². The summed E-state index contributed by atoms with van der Waals surface area (Å²) in [5.41, 5.74) is -4.02. The topological polar surface area (TPSA) is 9.23 Å². The predicted octanol–water partition coefficient (Wildman–Crippen LogP) is 5.22. The summed E-state index contributed by atoms with van der Waals surface area (Å²) in [4.78, 5) is 0. The van der Waals surface area contributed by atoms with Crippen LogP contribution in [0.2, 0.25) is 0 Å². The zero-order valence-electron chi connectivity index (χ0n) is 12.6. The van der Waals surface area contributed by atoms with E-state index in [0.717, 1.165) is 13.2 Å². The van der Waals surface area contributed by atoms with Crippen LogP contribution < -0.4 is 0 Å². The Morgan fingerprint density at radius 1 is 0.864 bits per heavy atom. The fourth-order valence-corrected chi connectivity index (χ4v) is 2.05. The number of hydrogen-bond acceptors (Lipinski definition) is 1. The molecule has 1 aliphatic rings. The average Bonchev–Trinajstić information content (AvgIpc) is 2.80. The molecule has 1 fully saturated rings. The molecule has 0 radical (unpaired) electrons. The van der Waals surface area contributed by atoms with Gasteiger partial charge in [0.2, 0.25) is 0 Å². The van der Waals surface area contributed by atoms with Gasteiger partial charge in [-0.15, -0.1) is 0 Å². The molecule has 0 unspecified atom stereocenters. The molecule has 0 aromatic heterocycles. The first kappa shape index (κ1) is 18.8. The molecule has 0 spiro atoms. The lowest BCUT2D eigenvalue weighted by Gasteiger charge is -2.23. The van der Waals surface area contributed by atoms with Gasteiger partial charge in [-0.1, -0.05) is 20.8 Å². The molecular formula is C15H18F6O. The minimum absolute atomic E-state index is 0.0620. The standard InChI is InChI=1S/C11H10F6.C4H8O/c1-10(2,3)7-5(12)4-6(13)8(9(7)14)11(15,16)17;1-2-4-5-3-1/h4H,1-3H3;1-4H2. The first-order valence-corrected chi connectivity index (χ1v) is 6.79. The molecule has 1 aromatic carbocycles. The highest BCUT2D eigenvalue weighted by molar-refractivity contribution is 5.35. The van der Waals surface area contributed by atoms with Gasteiger partial charge in [-0.25, -0.2) is 13.2 Å². The normalized spacial score (nSPS) is 15.5. The Morgan fingerprint density at radius 2 is 1.32 bits per heavy atom. The van der Waals surface area contributed by atoms with Crippen molar-refractivity contribution in [1.29, 1.82) is 0 Å². The Kier molecular flexibility index (Phi) is 5.89. The maximum absolute atomic E-state index is 13.6. The maximum Gasteiger partial charge on any atom is 0.422 e. The molecule has 7 heteroatoms. The fourth-order valence-electron chi connectivity index (χ4n) is 2.05. The number of benzene rings is 1. The molecule has 1 aliphatic heterocycles. The van der Waals surface area contributed by atoms with Crippen LogP contribution in [0.15, 0.2) is 6.07 Å². The van der Waals surface area contributed by atoms with E-state index in [2.05, 4.69) is 0 Å². The second-order valence-electron chi connectivity index (χ2n) is 5.97. The van der Waals surface area contributed by atoms with E-state index in [9.17, 15) is 26.3 Å². The highest BCUT2D eigenvalue weighted by atomic mass is 19.4. The minimum Gasteiger partial charge on any atom is -0.381 e. The van der Waals surface area contributed by atoms with Gasteiger partial charge in [-0.2, -0.15) is 13.2 Å². The van der Waals surface area contributed by atoms with E-state index in [4.69, 9.17) is 4.74 Å². The minimum atomic E-state index is -5.19. The summed E-state index contributed by atoms with van der Waals surface area (Å²) in [5, 5.41) is 0. The van der Waals surface area contributed by atoms with Gasteiger partial charge in [0, 0.05) is 24.8 Å². The Morgan fingerprint density at radius 3 is 1.64 bits per heavy atom. The molecule has 0 saturated carbocycles. The molecule has 22 heavy (non-hydrogen) atoms. The van der Waals surface area contributed by atoms with Crippen LogP contribution in [0.5, 0.6) is 0 Å². The lowest BCUT2D eigenvalue weighted by atomic mass is 9.85. The van der Waals surface area contributed by atoms with E-state index < -0.39 is 40.2 Å². The zero-order chi connectivity index (χ0) is 17.1. The van der Waals surface area contributed by atoms with Crippen molar-refractivity contribution in [2.75, 3.05) is 13.2 Å². The molecule has 1 aromatic rings. The summed E-state index contributed by atoms with van der Waals surface area (Å²) in [6.45, 7) is 6.02. The van der Waals surface area contributed by atoms with Crippen LogP contribution in [0.4, 0.5) is 26.3 Å². The number of halogens is 6. The van der Waals surface area contributed by atoms with Crippen molar-refractivity contribution in [3.05, 3.63) is 34.6 Å². The van der Waals surface area contributed by atoms with Crippen molar-refractivity contribution in [3.8, 4) is 0 Å². The van der Waals surface area contributed by atoms with Crippen LogP contribution in [0.3, 0.4) is 0 Å². The highest BCUT2D eigenvalue weighted by Gasteiger charge is 2.41. The Labute approximate surface area is 125 Å². The second kappa shape index (κ2) is 6.89. The third kappa shape index (κ3) is 4.63. The summed E-state index contributed by atoms with van der Waals surface area (Å²) >= 11 is 0. The third-order valence-corrected chi connectivity index (χ3v) is 3.03. The largest absolute Gasteiger partial charge is 0.422 e. The molecular weight excluding hydrogens is 310 g/mol. The van der Waals surface area contributed by atoms with Gasteiger partial charge in [-0.3, -0.25) is 0 Å². The van der Waals surface area contributed by atoms with E-state index in [1.54, 1.807) is 0 Å². The van der Waals surface area contributed by atoms with Crippen LogP contribution in [0, 0.1) is 17.5 Å². The smallest absolute Gasteiger partial charge is 0.381 e. The third-order valence-electron chi connectivity index (χ3n) is 3.03. The van der Waals surface area contributed by atoms with E-state index in [0.29, 0.717) is 0 Å². The summed E-state index contributed by atoms with van der Waals surface area (Å²) < 4.78 is 82.1. The number of rotatable bonds is 0. The first-order chi connectivity index (χ1) is 9.96. The SMILES string of the molecule is C1CCOC1.CC(C)(C)c1c(F)cc(F)c(C(F)(F)F)c1F. The van der Waals surface area contributed by atoms with Gasteiger partial charge < -0.3 is 4.74 Å². The van der Waals surface area contributed by atoms with Crippen molar-refractivity contribution in [2.45, 2.75) is 45.2 Å². The average molecular weight is 328 g/mol. The van der Waals surface area contributed by atoms with Crippen LogP contribution in [-0.2, 0) is 16.3 Å². The number of hydrogen-bond donors (Lipinski definition) is 0. The first-order valence-electron chi connectivity index (χ1n) is 6.79. The van der Waals surface area contributed by atoms with Gasteiger partial charge >= 0.3 is 6.18 Å². The zero-order valence-corrected chi connectivity index (χ0v) is 12.6. The molecule has 1 heterocycles. The lowest BCUT2D eigenvalue weighted by molar-refractivity contribution is -0.142. The van der Waals surface area contributed by atoms with Crippen molar-refractivity contribution < 1.29 is 31.1 Å². The molecule has 1 nitrogen and oxygen atoms in total. The van der Waals surface area contributed by atoms with E-state index >= 15 is 0 Å². The summed E-state index contributed by atoms with van der Waals surface area (Å²) in [7, 11) is 0. The van der Waals surface area contributed by atoms with Gasteiger partial charge in [0.15, 0.2) is 0 Å². The van der Waals surface area contributed by atoms with Gasteiger partial charge in [0.1, 0.15) is 23.0 Å². The second-order valence-corrected chi connectivity index (χ2v) is 5.97. The molecule has 0 aliphatic carbocycles. The van der Waals surface area contributed by atoms with Crippen molar-refractivity contribution in [1.82, 2.24) is 0 Å². The molecule has 0 atom stereocenters. The van der Waals surface area contributed by atoms with Crippen LogP contribution in [-0.4, -0.2) is 13.2 Å². The van der Waals surface area contributed by atoms with Gasteiger partial charge in [-0.05, 0) is 18.3 Å². The summed E-state index contributed by atoms with van der Waals surface area (Å²) in [5.74, 6) is -5.15. The van der Waals surface area contributed by atoms with Crippen LogP contribution in [0.25, 0.3) is 0 Å². The molecule has 2 rings (SSSR count). The molecule has 1 saturated heterocycles. The van der Waals surface area contributed by atoms with E-state index in [1.807, 2.05) is 0 Å². The summed E-state index contributed by atoms with van der Waals surface area (Å²) in [6, 6.07) is 0.0620.